The van der Waals surface area contributed by atoms with Crippen LogP contribution in [0.15, 0.2) is 12.5 Å². The molecule has 0 aliphatic rings. The summed E-state index contributed by atoms with van der Waals surface area (Å²) in [4.78, 5) is 29.8. The van der Waals surface area contributed by atoms with E-state index in [4.69, 9.17) is 4.43 Å². The molecule has 0 amide bonds. The summed E-state index contributed by atoms with van der Waals surface area (Å²) in [5, 5.41) is 0. The van der Waals surface area contributed by atoms with Crippen molar-refractivity contribution in [3.63, 3.8) is 0 Å². The second kappa shape index (κ2) is 14.9. The molecular weight excluding hydrogens is 312 g/mol. The van der Waals surface area contributed by atoms with Crippen molar-refractivity contribution in [3.05, 3.63) is 12.5 Å². The normalized spacial score (nSPS) is 9.81. The van der Waals surface area contributed by atoms with Crippen LogP contribution in [-0.2, 0) is 32.7 Å². The summed E-state index contributed by atoms with van der Waals surface area (Å²) in [5.74, 6) is -1.09. The fourth-order valence-corrected chi connectivity index (χ4v) is 0.247. The van der Waals surface area contributed by atoms with Crippen LogP contribution in [0.2, 0.25) is 0 Å². The Hall–Kier alpha value is -1.46. The third kappa shape index (κ3) is 45.7. The highest BCUT2D eigenvalue weighted by atomic mass is 28.2. The topological polar surface area (TPSA) is 88.1 Å². The van der Waals surface area contributed by atoms with E-state index in [1.807, 2.05) is 0 Å². The monoisotopic (exact) mass is 338 g/mol. The van der Waals surface area contributed by atoms with Crippen molar-refractivity contribution in [2.75, 3.05) is 0 Å². The van der Waals surface area contributed by atoms with E-state index in [9.17, 15) is 14.4 Å². The first kappa shape index (κ1) is 24.6. The van der Waals surface area contributed by atoms with Gasteiger partial charge in [-0.15, -0.1) is 0 Å². The molecule has 124 valence electrons. The number of hydrogen-bond acceptors (Lipinski definition) is 7. The number of rotatable bonds is 2. The predicted molar refractivity (Wildman–Crippen MR) is 85.2 cm³/mol. The van der Waals surface area contributed by atoms with Crippen LogP contribution in [0.3, 0.4) is 0 Å². The highest BCUT2D eigenvalue weighted by molar-refractivity contribution is 6.04. The summed E-state index contributed by atoms with van der Waals surface area (Å²) >= 11 is 0. The Morgan fingerprint density at radius 1 is 0.810 bits per heavy atom. The first-order chi connectivity index (χ1) is 9.46. The Morgan fingerprint density at radius 3 is 1.14 bits per heavy atom. The number of carbonyl (C=O) groups excluding carboxylic acids is 3. The lowest BCUT2D eigenvalue weighted by Crippen LogP contribution is -2.16. The maximum atomic E-state index is 10.1. The quantitative estimate of drug-likeness (QED) is 0.381. The van der Waals surface area contributed by atoms with Crippen molar-refractivity contribution < 1.29 is 32.7 Å². The van der Waals surface area contributed by atoms with E-state index in [0.717, 1.165) is 23.0 Å². The number of carbonyl (C=O) groups is 3. The molecule has 0 radical (unpaired) electrons. The van der Waals surface area contributed by atoms with Crippen molar-refractivity contribution in [3.8, 4) is 0 Å². The van der Waals surface area contributed by atoms with Crippen LogP contribution in [-0.4, -0.2) is 44.5 Å². The van der Waals surface area contributed by atoms with Crippen molar-refractivity contribution in [1.29, 1.82) is 0 Å². The van der Waals surface area contributed by atoms with Gasteiger partial charge in [0.05, 0.1) is 0 Å². The smallest absolute Gasteiger partial charge is 0.307 e. The zero-order valence-electron chi connectivity index (χ0n) is 14.0. The Kier molecular flexibility index (Phi) is 17.5. The Labute approximate surface area is 132 Å². The molecule has 0 fully saturated rings. The molecule has 0 bridgehead atoms. The van der Waals surface area contributed by atoms with Gasteiger partial charge in [-0.25, -0.2) is 0 Å². The number of hydrogen-bond donors (Lipinski definition) is 0. The molecule has 7 nitrogen and oxygen atoms in total. The highest BCUT2D eigenvalue weighted by Crippen LogP contribution is 2.01. The van der Waals surface area contributed by atoms with Crippen molar-refractivity contribution in [2.24, 2.45) is 0 Å². The molecule has 0 aromatic carbocycles. The zero-order chi connectivity index (χ0) is 17.5. The molecule has 9 heteroatoms. The van der Waals surface area contributed by atoms with E-state index < -0.39 is 11.9 Å². The Bertz CT molecular complexity index is 317. The van der Waals surface area contributed by atoms with Crippen molar-refractivity contribution in [2.45, 2.75) is 47.1 Å². The maximum absolute atomic E-state index is 10.1. The van der Waals surface area contributed by atoms with Gasteiger partial charge in [0.15, 0.2) is 0 Å². The Balaban J connectivity index is -0.000000252. The van der Waals surface area contributed by atoms with E-state index in [2.05, 4.69) is 34.7 Å². The largest absolute Gasteiger partial charge is 0.529 e. The van der Waals surface area contributed by atoms with Gasteiger partial charge in [0.25, 0.3) is 5.97 Å². The van der Waals surface area contributed by atoms with Gasteiger partial charge in [-0.2, -0.15) is 0 Å². The minimum atomic E-state index is -0.455. The molecule has 0 N–H and O–H groups in total. The first-order valence-corrected chi connectivity index (χ1v) is 7.68. The average molecular weight is 339 g/mol. The third-order valence-corrected chi connectivity index (χ3v) is 3.22. The van der Waals surface area contributed by atoms with Crippen LogP contribution in [0.4, 0.5) is 0 Å². The van der Waals surface area contributed by atoms with Gasteiger partial charge < -0.3 is 18.3 Å². The van der Waals surface area contributed by atoms with E-state index in [1.165, 1.54) is 20.8 Å². The third-order valence-electron chi connectivity index (χ3n) is 1.42. The molecule has 0 rings (SSSR count). The van der Waals surface area contributed by atoms with Crippen LogP contribution >= 0.6 is 0 Å². The van der Waals surface area contributed by atoms with Crippen molar-refractivity contribution in [1.82, 2.24) is 0 Å². The minimum Gasteiger partial charge on any atom is -0.529 e. The summed E-state index contributed by atoms with van der Waals surface area (Å²) in [6, 6.07) is 0. The summed E-state index contributed by atoms with van der Waals surface area (Å²) in [6.45, 7) is 10.1. The van der Waals surface area contributed by atoms with Crippen LogP contribution in [0.1, 0.15) is 41.5 Å². The van der Waals surface area contributed by atoms with Gasteiger partial charge in [0.2, 0.25) is 10.5 Å². The lowest BCUT2D eigenvalue weighted by Gasteiger charge is -2.15. The van der Waals surface area contributed by atoms with E-state index in [-0.39, 0.29) is 11.6 Å². The molecule has 0 spiro atoms. The van der Waals surface area contributed by atoms with Gasteiger partial charge in [-0.3, -0.25) is 14.4 Å². The molecule has 0 saturated carbocycles. The van der Waals surface area contributed by atoms with Crippen LogP contribution < -0.4 is 0 Å². The molecular formula is C12H26O7Si2. The fourth-order valence-electron chi connectivity index (χ4n) is 0.247. The van der Waals surface area contributed by atoms with Crippen LogP contribution in [0.25, 0.3) is 0 Å². The molecule has 0 aromatic rings. The standard InChI is InChI=1S/C6H8O4.C4H12OSi.C2H6O2Si/c1-5(7)9-3-4-10-6(2)8;1-4(2,3)5-6;1-2(3)4-5/h3-4H,1-2H3;1-3,6H3;1,5H3. The molecule has 0 aliphatic heterocycles. The van der Waals surface area contributed by atoms with Gasteiger partial charge in [-0.1, -0.05) is 0 Å². The average Bonchev–Trinajstić information content (AvgIpc) is 2.35. The Morgan fingerprint density at radius 2 is 1.05 bits per heavy atom. The summed E-state index contributed by atoms with van der Waals surface area (Å²) < 4.78 is 17.9. The SMILES string of the molecule is CC(=O)OC=COC(C)=O.CC(=O)O[SiH3].CC(C)(C)O[SiH3]. The molecule has 21 heavy (non-hydrogen) atoms. The summed E-state index contributed by atoms with van der Waals surface area (Å²) in [7, 11) is 1.37. The molecule has 0 aromatic heterocycles. The van der Waals surface area contributed by atoms with Gasteiger partial charge in [-0.05, 0) is 20.8 Å². The van der Waals surface area contributed by atoms with E-state index in [0.29, 0.717) is 10.5 Å². The molecule has 0 unspecified atom stereocenters. The highest BCUT2D eigenvalue weighted by Gasteiger charge is 2.03. The number of ether oxygens (including phenoxy) is 2. The molecule has 0 atom stereocenters. The molecule has 0 saturated heterocycles. The summed E-state index contributed by atoms with van der Waals surface area (Å²) in [5.41, 5.74) is 0.103. The number of esters is 2. The van der Waals surface area contributed by atoms with E-state index >= 15 is 0 Å². The second-order valence-electron chi connectivity index (χ2n) is 4.50. The van der Waals surface area contributed by atoms with Gasteiger partial charge in [0.1, 0.15) is 23.0 Å². The van der Waals surface area contributed by atoms with Crippen LogP contribution in [0.5, 0.6) is 0 Å². The summed E-state index contributed by atoms with van der Waals surface area (Å²) in [6.07, 6.45) is 2.01. The maximum Gasteiger partial charge on any atom is 0.307 e. The predicted octanol–water partition coefficient (Wildman–Crippen LogP) is -0.504. The zero-order valence-corrected chi connectivity index (χ0v) is 18.0. The van der Waals surface area contributed by atoms with Gasteiger partial charge >= 0.3 is 11.9 Å². The minimum absolute atomic E-state index is 0.103. The second-order valence-corrected chi connectivity index (χ2v) is 5.32. The van der Waals surface area contributed by atoms with E-state index in [1.54, 1.807) is 0 Å². The molecule has 0 heterocycles. The molecule has 0 aliphatic carbocycles. The van der Waals surface area contributed by atoms with Gasteiger partial charge in [0, 0.05) is 26.4 Å². The first-order valence-electron chi connectivity index (χ1n) is 6.05. The fraction of sp³-hybridized carbons (Fsp3) is 0.583. The lowest BCUT2D eigenvalue weighted by molar-refractivity contribution is -0.138. The lowest BCUT2D eigenvalue weighted by atomic mass is 10.2. The van der Waals surface area contributed by atoms with Crippen molar-refractivity contribution >= 4 is 38.9 Å². The van der Waals surface area contributed by atoms with Crippen LogP contribution in [0, 0.1) is 0 Å².